The van der Waals surface area contributed by atoms with Crippen LogP contribution < -0.4 is 5.32 Å². The summed E-state index contributed by atoms with van der Waals surface area (Å²) in [6.07, 6.45) is 0. The van der Waals surface area contributed by atoms with Crippen LogP contribution in [0.15, 0.2) is 18.2 Å². The maximum Gasteiger partial charge on any atom is 0.255 e. The molecule has 1 aromatic rings. The first kappa shape index (κ1) is 11.9. The second-order valence-corrected chi connectivity index (χ2v) is 3.25. The molecule has 3 nitrogen and oxygen atoms in total. The van der Waals surface area contributed by atoms with E-state index in [1.165, 1.54) is 25.3 Å². The monoisotopic (exact) mass is 231 g/mol. The standard InChI is InChI=1S/C10H11ClFNO2/c1-15-6-5-13-10(14)9-7(11)3-2-4-8(9)12/h2-4H,5-6H2,1H3,(H,13,14). The zero-order chi connectivity index (χ0) is 11.3. The third-order valence-electron chi connectivity index (χ3n) is 1.78. The van der Waals surface area contributed by atoms with E-state index >= 15 is 0 Å². The number of carbonyl (C=O) groups is 1. The first-order valence-electron chi connectivity index (χ1n) is 4.38. The number of nitrogens with one attached hydrogen (secondary N) is 1. The third kappa shape index (κ3) is 3.18. The van der Waals surface area contributed by atoms with Crippen LogP contribution in [0.5, 0.6) is 0 Å². The van der Waals surface area contributed by atoms with Crippen LogP contribution in [-0.2, 0) is 4.74 Å². The Labute approximate surface area is 92.2 Å². The van der Waals surface area contributed by atoms with Crippen LogP contribution in [0.3, 0.4) is 0 Å². The van der Waals surface area contributed by atoms with Gasteiger partial charge in [-0.25, -0.2) is 4.39 Å². The summed E-state index contributed by atoms with van der Waals surface area (Å²) in [5.41, 5.74) is -0.129. The molecule has 0 aromatic heterocycles. The number of carbonyl (C=O) groups excluding carboxylic acids is 1. The highest BCUT2D eigenvalue weighted by atomic mass is 35.5. The normalized spacial score (nSPS) is 10.1. The minimum absolute atomic E-state index is 0.102. The van der Waals surface area contributed by atoms with Crippen LogP contribution in [0, 0.1) is 5.82 Å². The van der Waals surface area contributed by atoms with Crippen molar-refractivity contribution in [1.29, 1.82) is 0 Å². The summed E-state index contributed by atoms with van der Waals surface area (Å²) in [5, 5.41) is 2.59. The number of halogens is 2. The third-order valence-corrected chi connectivity index (χ3v) is 2.10. The summed E-state index contributed by atoms with van der Waals surface area (Å²) < 4.78 is 18.0. The van der Waals surface area contributed by atoms with E-state index in [2.05, 4.69) is 5.32 Å². The van der Waals surface area contributed by atoms with Gasteiger partial charge in [0.05, 0.1) is 17.2 Å². The average Bonchev–Trinajstić information content (AvgIpc) is 2.18. The fourth-order valence-corrected chi connectivity index (χ4v) is 1.32. The zero-order valence-electron chi connectivity index (χ0n) is 8.22. The molecule has 1 amide bonds. The fraction of sp³-hybridized carbons (Fsp3) is 0.300. The highest BCUT2D eigenvalue weighted by Gasteiger charge is 2.14. The van der Waals surface area contributed by atoms with Crippen molar-refractivity contribution in [2.24, 2.45) is 0 Å². The first-order valence-corrected chi connectivity index (χ1v) is 4.75. The van der Waals surface area contributed by atoms with E-state index < -0.39 is 11.7 Å². The van der Waals surface area contributed by atoms with Crippen LogP contribution in [0.25, 0.3) is 0 Å². The lowest BCUT2D eigenvalue weighted by Gasteiger charge is -2.06. The summed E-state index contributed by atoms with van der Waals surface area (Å²) in [5.74, 6) is -1.16. The SMILES string of the molecule is COCCNC(=O)c1c(F)cccc1Cl. The molecule has 0 unspecified atom stereocenters. The van der Waals surface area contributed by atoms with Crippen molar-refractivity contribution < 1.29 is 13.9 Å². The van der Waals surface area contributed by atoms with Crippen molar-refractivity contribution in [1.82, 2.24) is 5.32 Å². The molecule has 0 saturated heterocycles. The summed E-state index contributed by atoms with van der Waals surface area (Å²) >= 11 is 5.71. The molecule has 82 valence electrons. The van der Waals surface area contributed by atoms with Gasteiger partial charge >= 0.3 is 0 Å². The summed E-state index contributed by atoms with van der Waals surface area (Å²) in [7, 11) is 1.52. The van der Waals surface area contributed by atoms with E-state index in [1.54, 1.807) is 0 Å². The Morgan fingerprint density at radius 3 is 2.93 bits per heavy atom. The minimum atomic E-state index is -0.627. The minimum Gasteiger partial charge on any atom is -0.383 e. The number of hydrogen-bond acceptors (Lipinski definition) is 2. The fourth-order valence-electron chi connectivity index (χ4n) is 1.07. The van der Waals surface area contributed by atoms with Crippen LogP contribution in [-0.4, -0.2) is 26.2 Å². The van der Waals surface area contributed by atoms with E-state index in [1.807, 2.05) is 0 Å². The van der Waals surface area contributed by atoms with Gasteiger partial charge in [-0.1, -0.05) is 17.7 Å². The predicted octanol–water partition coefficient (Wildman–Crippen LogP) is 1.86. The molecule has 0 saturated carbocycles. The molecule has 0 radical (unpaired) electrons. The Morgan fingerprint density at radius 2 is 2.33 bits per heavy atom. The lowest BCUT2D eigenvalue weighted by molar-refractivity contribution is 0.0933. The lowest BCUT2D eigenvalue weighted by Crippen LogP contribution is -2.28. The zero-order valence-corrected chi connectivity index (χ0v) is 8.97. The molecule has 1 rings (SSSR count). The van der Waals surface area contributed by atoms with Crippen LogP contribution >= 0.6 is 11.6 Å². The van der Waals surface area contributed by atoms with E-state index in [4.69, 9.17) is 16.3 Å². The number of methoxy groups -OCH3 is 1. The van der Waals surface area contributed by atoms with Crippen molar-refractivity contribution in [3.8, 4) is 0 Å². The van der Waals surface area contributed by atoms with Gasteiger partial charge in [0.2, 0.25) is 0 Å². The quantitative estimate of drug-likeness (QED) is 0.804. The summed E-state index contributed by atoms with van der Waals surface area (Å²) in [6.45, 7) is 0.692. The van der Waals surface area contributed by atoms with Gasteiger partial charge in [-0.2, -0.15) is 0 Å². The molecule has 0 bridgehead atoms. The summed E-state index contributed by atoms with van der Waals surface area (Å²) in [6, 6.07) is 4.11. The van der Waals surface area contributed by atoms with Gasteiger partial charge in [0.1, 0.15) is 5.82 Å². The Kier molecular flexibility index (Phi) is 4.52. The molecular formula is C10H11ClFNO2. The van der Waals surface area contributed by atoms with Crippen LogP contribution in [0.4, 0.5) is 4.39 Å². The lowest BCUT2D eigenvalue weighted by atomic mass is 10.2. The maximum absolute atomic E-state index is 13.2. The predicted molar refractivity (Wildman–Crippen MR) is 55.6 cm³/mol. The van der Waals surface area contributed by atoms with E-state index in [-0.39, 0.29) is 10.6 Å². The highest BCUT2D eigenvalue weighted by molar-refractivity contribution is 6.33. The Morgan fingerprint density at radius 1 is 1.60 bits per heavy atom. The van der Waals surface area contributed by atoms with Crippen LogP contribution in [0.1, 0.15) is 10.4 Å². The Bertz CT molecular complexity index is 337. The van der Waals surface area contributed by atoms with Gasteiger partial charge in [-0.15, -0.1) is 0 Å². The second kappa shape index (κ2) is 5.68. The smallest absolute Gasteiger partial charge is 0.255 e. The Hall–Kier alpha value is -1.13. The van der Waals surface area contributed by atoms with Gasteiger partial charge < -0.3 is 10.1 Å². The molecule has 0 fully saturated rings. The molecular weight excluding hydrogens is 221 g/mol. The number of rotatable bonds is 4. The number of amides is 1. The molecule has 15 heavy (non-hydrogen) atoms. The van der Waals surface area contributed by atoms with Gasteiger partial charge in [-0.05, 0) is 12.1 Å². The highest BCUT2D eigenvalue weighted by Crippen LogP contribution is 2.18. The summed E-state index contributed by atoms with van der Waals surface area (Å²) in [4.78, 5) is 11.5. The van der Waals surface area contributed by atoms with Gasteiger partial charge in [0.25, 0.3) is 5.91 Å². The second-order valence-electron chi connectivity index (χ2n) is 2.85. The topological polar surface area (TPSA) is 38.3 Å². The van der Waals surface area contributed by atoms with Crippen molar-refractivity contribution in [2.45, 2.75) is 0 Å². The van der Waals surface area contributed by atoms with Crippen molar-refractivity contribution in [2.75, 3.05) is 20.3 Å². The van der Waals surface area contributed by atoms with Crippen molar-refractivity contribution >= 4 is 17.5 Å². The average molecular weight is 232 g/mol. The molecule has 1 aromatic carbocycles. The number of benzene rings is 1. The van der Waals surface area contributed by atoms with Crippen LogP contribution in [0.2, 0.25) is 5.02 Å². The number of hydrogen-bond donors (Lipinski definition) is 1. The van der Waals surface area contributed by atoms with Crippen molar-refractivity contribution in [3.63, 3.8) is 0 Å². The van der Waals surface area contributed by atoms with E-state index in [9.17, 15) is 9.18 Å². The first-order chi connectivity index (χ1) is 7.16. The molecule has 0 spiro atoms. The number of ether oxygens (including phenoxy) is 1. The molecule has 5 heteroatoms. The molecule has 1 N–H and O–H groups in total. The van der Waals surface area contributed by atoms with E-state index in [0.29, 0.717) is 13.2 Å². The molecule has 0 aliphatic rings. The molecule has 0 aliphatic carbocycles. The largest absolute Gasteiger partial charge is 0.383 e. The Balaban J connectivity index is 2.73. The molecule has 0 atom stereocenters. The molecule has 0 heterocycles. The van der Waals surface area contributed by atoms with Crippen molar-refractivity contribution in [3.05, 3.63) is 34.6 Å². The maximum atomic E-state index is 13.2. The molecule has 0 aliphatic heterocycles. The van der Waals surface area contributed by atoms with Gasteiger partial charge in [0.15, 0.2) is 0 Å². The van der Waals surface area contributed by atoms with E-state index in [0.717, 1.165) is 0 Å². The van der Waals surface area contributed by atoms with Gasteiger partial charge in [0, 0.05) is 13.7 Å². The van der Waals surface area contributed by atoms with Gasteiger partial charge in [-0.3, -0.25) is 4.79 Å².